The zero-order valence-corrected chi connectivity index (χ0v) is 13.8. The maximum atomic E-state index is 12.9. The molecular formula is C17H16N6O2. The van der Waals surface area contributed by atoms with Crippen molar-refractivity contribution in [3.05, 3.63) is 58.1 Å². The van der Waals surface area contributed by atoms with Crippen molar-refractivity contribution in [3.63, 3.8) is 0 Å². The van der Waals surface area contributed by atoms with E-state index in [1.54, 1.807) is 11.2 Å². The molecule has 0 atom stereocenters. The molecule has 2 aromatic heterocycles. The zero-order chi connectivity index (χ0) is 17.8. The summed E-state index contributed by atoms with van der Waals surface area (Å²) in [6, 6.07) is 9.49. The number of fused-ring (bicyclic) bond motifs is 1. The van der Waals surface area contributed by atoms with Crippen molar-refractivity contribution in [2.24, 2.45) is 4.99 Å². The Hall–Kier alpha value is -3.42. The minimum Gasteiger partial charge on any atom is -0.369 e. The third kappa shape index (κ3) is 3.57. The number of nitrogens with zero attached hydrogens (tertiary/aromatic N) is 6. The molecule has 2 heterocycles. The second kappa shape index (κ2) is 7.00. The highest BCUT2D eigenvalue weighted by molar-refractivity contribution is 5.77. The quantitative estimate of drug-likeness (QED) is 0.396. The molecule has 25 heavy (non-hydrogen) atoms. The number of hydrogen-bond donors (Lipinski definition) is 0. The fraction of sp³-hybridized carbons (Fsp3) is 0.176. The van der Waals surface area contributed by atoms with Gasteiger partial charge in [-0.25, -0.2) is 15.0 Å². The molecule has 8 nitrogen and oxygen atoms in total. The van der Waals surface area contributed by atoms with Gasteiger partial charge >= 0.3 is 0 Å². The van der Waals surface area contributed by atoms with Gasteiger partial charge in [-0.05, 0) is 5.56 Å². The van der Waals surface area contributed by atoms with E-state index in [0.29, 0.717) is 6.29 Å². The average Bonchev–Trinajstić information content (AvgIpc) is 2.63. The van der Waals surface area contributed by atoms with Gasteiger partial charge in [0.2, 0.25) is 5.95 Å². The van der Waals surface area contributed by atoms with Crippen LogP contribution in [0.15, 0.2) is 46.3 Å². The van der Waals surface area contributed by atoms with Gasteiger partial charge in [0.05, 0.1) is 19.1 Å². The van der Waals surface area contributed by atoms with Crippen LogP contribution in [0.4, 0.5) is 5.95 Å². The Balaban J connectivity index is 2.21. The molecule has 0 saturated heterocycles. The van der Waals surface area contributed by atoms with Crippen molar-refractivity contribution < 1.29 is 4.79 Å². The molecule has 3 rings (SSSR count). The van der Waals surface area contributed by atoms with Crippen LogP contribution in [0.1, 0.15) is 16.1 Å². The number of aromatic nitrogens is 4. The van der Waals surface area contributed by atoms with E-state index in [0.717, 1.165) is 5.56 Å². The summed E-state index contributed by atoms with van der Waals surface area (Å²) in [5.41, 5.74) is 0.819. The van der Waals surface area contributed by atoms with Gasteiger partial charge in [-0.2, -0.15) is 4.98 Å². The standard InChI is InChI=1S/C17H16N6O2/c1-22(2)11-19-17-21-15-14(20-13(10-24)8-18-15)16(25)23(17)9-12-6-4-3-5-7-12/h3-8,10-11H,9H2,1-2H3/b19-11+. The van der Waals surface area contributed by atoms with E-state index in [1.165, 1.54) is 10.8 Å². The Morgan fingerprint density at radius 2 is 1.96 bits per heavy atom. The molecule has 0 bridgehead atoms. The Bertz CT molecular complexity index is 995. The van der Waals surface area contributed by atoms with Crippen LogP contribution in [0.2, 0.25) is 0 Å². The monoisotopic (exact) mass is 336 g/mol. The van der Waals surface area contributed by atoms with Crippen molar-refractivity contribution in [1.82, 2.24) is 24.4 Å². The van der Waals surface area contributed by atoms with Crippen LogP contribution in [0.25, 0.3) is 11.2 Å². The first-order valence-electron chi connectivity index (χ1n) is 7.56. The van der Waals surface area contributed by atoms with Gasteiger partial charge in [0.15, 0.2) is 17.5 Å². The SMILES string of the molecule is CN(C)/C=N/c1nc2ncc(C=O)nc2c(=O)n1Cc1ccccc1. The zero-order valence-electron chi connectivity index (χ0n) is 13.8. The molecule has 126 valence electrons. The molecule has 1 aromatic carbocycles. The second-order valence-electron chi connectivity index (χ2n) is 5.58. The Kier molecular flexibility index (Phi) is 4.60. The Labute approximate surface area is 143 Å². The number of carbonyl (C=O) groups excluding carboxylic acids is 1. The third-order valence-corrected chi connectivity index (χ3v) is 3.38. The average molecular weight is 336 g/mol. The van der Waals surface area contributed by atoms with Crippen LogP contribution in [0.3, 0.4) is 0 Å². The van der Waals surface area contributed by atoms with Gasteiger partial charge < -0.3 is 4.90 Å². The van der Waals surface area contributed by atoms with E-state index < -0.39 is 5.56 Å². The molecule has 3 aromatic rings. The minimum absolute atomic E-state index is 0.0457. The number of aldehydes is 1. The third-order valence-electron chi connectivity index (χ3n) is 3.38. The molecule has 0 saturated carbocycles. The summed E-state index contributed by atoms with van der Waals surface area (Å²) in [4.78, 5) is 42.2. The molecule has 0 aliphatic carbocycles. The summed E-state index contributed by atoms with van der Waals surface area (Å²) in [5, 5.41) is 0. The number of aliphatic imine (C=N–C) groups is 1. The summed E-state index contributed by atoms with van der Waals surface area (Å²) < 4.78 is 1.42. The van der Waals surface area contributed by atoms with Crippen LogP contribution >= 0.6 is 0 Å². The lowest BCUT2D eigenvalue weighted by atomic mass is 10.2. The molecule has 0 N–H and O–H groups in total. The fourth-order valence-corrected chi connectivity index (χ4v) is 2.23. The smallest absolute Gasteiger partial charge is 0.283 e. The highest BCUT2D eigenvalue weighted by atomic mass is 16.1. The predicted octanol–water partition coefficient (Wildman–Crippen LogP) is 1.27. The van der Waals surface area contributed by atoms with Gasteiger partial charge in [-0.1, -0.05) is 30.3 Å². The van der Waals surface area contributed by atoms with Crippen LogP contribution in [0, 0.1) is 0 Å². The van der Waals surface area contributed by atoms with E-state index >= 15 is 0 Å². The van der Waals surface area contributed by atoms with E-state index in [-0.39, 0.29) is 29.4 Å². The molecule has 0 aliphatic heterocycles. The van der Waals surface area contributed by atoms with Crippen LogP contribution in [0.5, 0.6) is 0 Å². The Morgan fingerprint density at radius 1 is 1.20 bits per heavy atom. The molecule has 0 spiro atoms. The fourth-order valence-electron chi connectivity index (χ4n) is 2.23. The number of carbonyl (C=O) groups is 1. The van der Waals surface area contributed by atoms with E-state index in [1.807, 2.05) is 44.4 Å². The molecule has 0 radical (unpaired) electrons. The summed E-state index contributed by atoms with van der Waals surface area (Å²) >= 11 is 0. The molecule has 0 unspecified atom stereocenters. The van der Waals surface area contributed by atoms with Crippen molar-refractivity contribution in [2.75, 3.05) is 14.1 Å². The normalized spacial score (nSPS) is 11.1. The lowest BCUT2D eigenvalue weighted by molar-refractivity contribution is 0.111. The Morgan fingerprint density at radius 3 is 2.64 bits per heavy atom. The van der Waals surface area contributed by atoms with Gasteiger partial charge in [-0.15, -0.1) is 0 Å². The number of hydrogen-bond acceptors (Lipinski definition) is 6. The molecule has 0 amide bonds. The van der Waals surface area contributed by atoms with Crippen LogP contribution in [-0.2, 0) is 6.54 Å². The lowest BCUT2D eigenvalue weighted by Crippen LogP contribution is -2.24. The topological polar surface area (TPSA) is 93.3 Å². The van der Waals surface area contributed by atoms with Crippen molar-refractivity contribution in [1.29, 1.82) is 0 Å². The largest absolute Gasteiger partial charge is 0.369 e. The second-order valence-corrected chi connectivity index (χ2v) is 5.58. The maximum Gasteiger partial charge on any atom is 0.283 e. The van der Waals surface area contributed by atoms with Crippen LogP contribution < -0.4 is 5.56 Å². The predicted molar refractivity (Wildman–Crippen MR) is 94.4 cm³/mol. The van der Waals surface area contributed by atoms with E-state index in [2.05, 4.69) is 19.9 Å². The first-order chi connectivity index (χ1) is 12.1. The van der Waals surface area contributed by atoms with Gasteiger partial charge in [0.25, 0.3) is 5.56 Å². The van der Waals surface area contributed by atoms with E-state index in [9.17, 15) is 9.59 Å². The van der Waals surface area contributed by atoms with Crippen LogP contribution in [-0.4, -0.2) is 51.1 Å². The molecule has 8 heteroatoms. The first-order valence-corrected chi connectivity index (χ1v) is 7.56. The lowest BCUT2D eigenvalue weighted by Gasteiger charge is -2.11. The van der Waals surface area contributed by atoms with E-state index in [4.69, 9.17) is 0 Å². The number of rotatable bonds is 5. The van der Waals surface area contributed by atoms with Crippen molar-refractivity contribution >= 4 is 29.7 Å². The first kappa shape index (κ1) is 16.4. The summed E-state index contributed by atoms with van der Waals surface area (Å²) in [6.07, 6.45) is 3.39. The molecule has 0 fully saturated rings. The van der Waals surface area contributed by atoms with Crippen molar-refractivity contribution in [3.8, 4) is 0 Å². The van der Waals surface area contributed by atoms with Gasteiger partial charge in [0, 0.05) is 14.1 Å². The maximum absolute atomic E-state index is 12.9. The van der Waals surface area contributed by atoms with Gasteiger partial charge in [-0.3, -0.25) is 14.2 Å². The summed E-state index contributed by atoms with van der Waals surface area (Å²) in [6.45, 7) is 0.287. The highest BCUT2D eigenvalue weighted by Gasteiger charge is 2.13. The minimum atomic E-state index is -0.393. The highest BCUT2D eigenvalue weighted by Crippen LogP contribution is 2.13. The summed E-state index contributed by atoms with van der Waals surface area (Å²) in [7, 11) is 3.64. The van der Waals surface area contributed by atoms with Gasteiger partial charge in [0.1, 0.15) is 5.69 Å². The van der Waals surface area contributed by atoms with Crippen molar-refractivity contribution in [2.45, 2.75) is 6.54 Å². The number of benzene rings is 1. The molecular weight excluding hydrogens is 320 g/mol. The molecule has 0 aliphatic rings. The summed E-state index contributed by atoms with van der Waals surface area (Å²) in [5.74, 6) is 0.225.